The van der Waals surface area contributed by atoms with Crippen LogP contribution < -0.4 is 5.73 Å². The molecule has 15 heavy (non-hydrogen) atoms. The molecule has 2 N–H and O–H groups in total. The number of nitrogen functional groups attached to an aromatic ring is 1. The molecule has 0 aliphatic carbocycles. The molecule has 4 heteroatoms. The Morgan fingerprint density at radius 2 is 2.33 bits per heavy atom. The fourth-order valence-electron chi connectivity index (χ4n) is 1.21. The van der Waals surface area contributed by atoms with E-state index in [1.54, 1.807) is 0 Å². The highest BCUT2D eigenvalue weighted by molar-refractivity contribution is 7.22. The summed E-state index contributed by atoms with van der Waals surface area (Å²) >= 11 is 1.46. The maximum Gasteiger partial charge on any atom is 0.181 e. The number of nitriles is 1. The molecule has 0 atom stereocenters. The number of benzene rings is 1. The molecule has 0 aliphatic heterocycles. The van der Waals surface area contributed by atoms with Crippen molar-refractivity contribution in [2.75, 3.05) is 5.73 Å². The van der Waals surface area contributed by atoms with Crippen molar-refractivity contribution >= 4 is 26.7 Å². The summed E-state index contributed by atoms with van der Waals surface area (Å²) in [6.45, 7) is 0. The standard InChI is InChI=1S/C11H7N3S/c12-6-2-1-3-8-4-5-10-9(7-8)14-11(13)15-10/h4-5,7H,2H2,(H2,13,14). The van der Waals surface area contributed by atoms with Crippen LogP contribution in [-0.4, -0.2) is 4.98 Å². The first-order valence-electron chi connectivity index (χ1n) is 4.31. The molecule has 0 amide bonds. The van der Waals surface area contributed by atoms with Crippen LogP contribution >= 0.6 is 11.3 Å². The highest BCUT2D eigenvalue weighted by atomic mass is 32.1. The Kier molecular flexibility index (Phi) is 2.53. The Morgan fingerprint density at radius 1 is 1.47 bits per heavy atom. The fraction of sp³-hybridized carbons (Fsp3) is 0.0909. The molecule has 1 aromatic heterocycles. The molecule has 0 fully saturated rings. The number of nitrogens with two attached hydrogens (primary N) is 1. The Bertz CT molecular complexity index is 596. The van der Waals surface area contributed by atoms with Gasteiger partial charge < -0.3 is 5.73 Å². The van der Waals surface area contributed by atoms with Crippen LogP contribution in [0.3, 0.4) is 0 Å². The number of anilines is 1. The van der Waals surface area contributed by atoms with E-state index in [9.17, 15) is 0 Å². The molecule has 0 radical (unpaired) electrons. The summed E-state index contributed by atoms with van der Waals surface area (Å²) in [5.41, 5.74) is 7.32. The molecule has 1 heterocycles. The topological polar surface area (TPSA) is 62.7 Å². The van der Waals surface area contributed by atoms with Crippen LogP contribution in [0.25, 0.3) is 10.2 Å². The number of fused-ring (bicyclic) bond motifs is 1. The normalized spacial score (nSPS) is 9.27. The van der Waals surface area contributed by atoms with Gasteiger partial charge in [-0.25, -0.2) is 4.98 Å². The van der Waals surface area contributed by atoms with Crippen LogP contribution in [0.2, 0.25) is 0 Å². The van der Waals surface area contributed by atoms with Crippen molar-refractivity contribution in [2.45, 2.75) is 6.42 Å². The summed E-state index contributed by atoms with van der Waals surface area (Å²) in [4.78, 5) is 4.17. The zero-order chi connectivity index (χ0) is 10.7. The number of hydrogen-bond acceptors (Lipinski definition) is 4. The van der Waals surface area contributed by atoms with E-state index < -0.39 is 0 Å². The van der Waals surface area contributed by atoms with Gasteiger partial charge in [0.15, 0.2) is 5.13 Å². The third-order valence-electron chi connectivity index (χ3n) is 1.80. The molecule has 0 saturated carbocycles. The molecule has 0 bridgehead atoms. The third-order valence-corrected chi connectivity index (χ3v) is 2.67. The molecule has 1 aromatic carbocycles. The van der Waals surface area contributed by atoms with Crippen molar-refractivity contribution in [3.8, 4) is 17.9 Å². The molecule has 0 saturated heterocycles. The van der Waals surface area contributed by atoms with Crippen LogP contribution in [-0.2, 0) is 0 Å². The Hall–Kier alpha value is -2.04. The molecule has 0 aliphatic rings. The fourth-order valence-corrected chi connectivity index (χ4v) is 1.92. The second kappa shape index (κ2) is 4.00. The van der Waals surface area contributed by atoms with E-state index in [4.69, 9.17) is 11.0 Å². The Labute approximate surface area is 91.2 Å². The van der Waals surface area contributed by atoms with Gasteiger partial charge in [0, 0.05) is 5.56 Å². The summed E-state index contributed by atoms with van der Waals surface area (Å²) in [6, 6.07) is 7.70. The van der Waals surface area contributed by atoms with Crippen molar-refractivity contribution in [3.05, 3.63) is 23.8 Å². The number of aromatic nitrogens is 1. The molecule has 2 aromatic rings. The van der Waals surface area contributed by atoms with E-state index in [1.165, 1.54) is 11.3 Å². The van der Waals surface area contributed by atoms with Crippen molar-refractivity contribution < 1.29 is 0 Å². The minimum Gasteiger partial charge on any atom is -0.375 e. The first-order valence-corrected chi connectivity index (χ1v) is 5.13. The lowest BCUT2D eigenvalue weighted by atomic mass is 10.2. The summed E-state index contributed by atoms with van der Waals surface area (Å²) in [6.07, 6.45) is 0.247. The lowest BCUT2D eigenvalue weighted by Gasteiger charge is -1.88. The van der Waals surface area contributed by atoms with Gasteiger partial charge in [0.2, 0.25) is 0 Å². The summed E-state index contributed by atoms with van der Waals surface area (Å²) in [7, 11) is 0. The maximum atomic E-state index is 8.34. The van der Waals surface area contributed by atoms with E-state index in [2.05, 4.69) is 16.8 Å². The van der Waals surface area contributed by atoms with Gasteiger partial charge in [-0.15, -0.1) is 0 Å². The minimum atomic E-state index is 0.247. The van der Waals surface area contributed by atoms with Crippen LogP contribution in [0.15, 0.2) is 18.2 Å². The second-order valence-electron chi connectivity index (χ2n) is 2.87. The Balaban J connectivity index is 2.40. The van der Waals surface area contributed by atoms with E-state index >= 15 is 0 Å². The number of hydrogen-bond donors (Lipinski definition) is 1. The van der Waals surface area contributed by atoms with Crippen LogP contribution in [0.1, 0.15) is 12.0 Å². The zero-order valence-corrected chi connectivity index (χ0v) is 8.64. The number of nitrogens with zero attached hydrogens (tertiary/aromatic N) is 2. The molecular weight excluding hydrogens is 206 g/mol. The summed E-state index contributed by atoms with van der Waals surface area (Å²) in [5, 5.41) is 8.90. The van der Waals surface area contributed by atoms with Gasteiger partial charge in [0.05, 0.1) is 22.7 Å². The van der Waals surface area contributed by atoms with Crippen LogP contribution in [0.4, 0.5) is 5.13 Å². The predicted octanol–water partition coefficient (Wildman–Crippen LogP) is 2.14. The SMILES string of the molecule is N#CCC#Cc1ccc2sc(N)nc2c1. The monoisotopic (exact) mass is 213 g/mol. The number of thiazole rings is 1. The molecule has 3 nitrogen and oxygen atoms in total. The zero-order valence-electron chi connectivity index (χ0n) is 7.82. The van der Waals surface area contributed by atoms with E-state index in [-0.39, 0.29) is 6.42 Å². The van der Waals surface area contributed by atoms with Gasteiger partial charge in [0.1, 0.15) is 0 Å². The van der Waals surface area contributed by atoms with E-state index in [0.29, 0.717) is 5.13 Å². The van der Waals surface area contributed by atoms with Gasteiger partial charge >= 0.3 is 0 Å². The summed E-state index contributed by atoms with van der Waals surface area (Å²) in [5.74, 6) is 5.65. The molecule has 0 spiro atoms. The smallest absolute Gasteiger partial charge is 0.181 e. The highest BCUT2D eigenvalue weighted by Gasteiger charge is 2.00. The maximum absolute atomic E-state index is 8.34. The summed E-state index contributed by atoms with van der Waals surface area (Å²) < 4.78 is 1.05. The first kappa shape index (κ1) is 9.51. The van der Waals surface area contributed by atoms with Gasteiger partial charge in [-0.1, -0.05) is 23.2 Å². The highest BCUT2D eigenvalue weighted by Crippen LogP contribution is 2.23. The third kappa shape index (κ3) is 2.07. The minimum absolute atomic E-state index is 0.247. The lowest BCUT2D eigenvalue weighted by Crippen LogP contribution is -1.79. The lowest BCUT2D eigenvalue weighted by molar-refractivity contribution is 1.39. The molecule has 0 unspecified atom stereocenters. The van der Waals surface area contributed by atoms with Crippen LogP contribution in [0.5, 0.6) is 0 Å². The molecular formula is C11H7N3S. The number of rotatable bonds is 0. The largest absolute Gasteiger partial charge is 0.375 e. The van der Waals surface area contributed by atoms with E-state index in [0.717, 1.165) is 15.8 Å². The van der Waals surface area contributed by atoms with Gasteiger partial charge in [-0.3, -0.25) is 0 Å². The van der Waals surface area contributed by atoms with Gasteiger partial charge in [-0.05, 0) is 18.2 Å². The second-order valence-corrected chi connectivity index (χ2v) is 3.93. The first-order chi connectivity index (χ1) is 7.29. The van der Waals surface area contributed by atoms with Gasteiger partial charge in [0.25, 0.3) is 0 Å². The Morgan fingerprint density at radius 3 is 3.13 bits per heavy atom. The average Bonchev–Trinajstić information content (AvgIpc) is 2.57. The molecule has 2 rings (SSSR count). The van der Waals surface area contributed by atoms with Crippen molar-refractivity contribution in [1.82, 2.24) is 4.98 Å². The quantitative estimate of drug-likeness (QED) is 0.682. The molecule has 72 valence electrons. The van der Waals surface area contributed by atoms with Crippen molar-refractivity contribution in [2.24, 2.45) is 0 Å². The van der Waals surface area contributed by atoms with Crippen molar-refractivity contribution in [3.63, 3.8) is 0 Å². The van der Waals surface area contributed by atoms with Crippen LogP contribution in [0, 0.1) is 23.2 Å². The van der Waals surface area contributed by atoms with Gasteiger partial charge in [-0.2, -0.15) is 5.26 Å². The van der Waals surface area contributed by atoms with Crippen molar-refractivity contribution in [1.29, 1.82) is 5.26 Å². The average molecular weight is 213 g/mol. The predicted molar refractivity (Wildman–Crippen MR) is 61.1 cm³/mol. The van der Waals surface area contributed by atoms with E-state index in [1.807, 2.05) is 24.3 Å².